The predicted octanol–water partition coefficient (Wildman–Crippen LogP) is 6.07. The van der Waals surface area contributed by atoms with Crippen LogP contribution in [0.2, 0.25) is 10.0 Å². The molecule has 4 aromatic carbocycles. The largest absolute Gasteiger partial charge is 0.508 e. The number of sulfonamides is 2. The molecule has 11 heteroatoms. The Kier molecular flexibility index (Phi) is 6.63. The summed E-state index contributed by atoms with van der Waals surface area (Å²) in [5, 5.41) is 10.8. The molecule has 0 amide bonds. The lowest BCUT2D eigenvalue weighted by molar-refractivity contribution is 0.476. The molecule has 0 bridgehead atoms. The zero-order chi connectivity index (χ0) is 25.5. The van der Waals surface area contributed by atoms with Crippen LogP contribution in [-0.2, 0) is 20.0 Å². The van der Waals surface area contributed by atoms with E-state index in [1.165, 1.54) is 30.3 Å². The average Bonchev–Trinajstić information content (AvgIpc) is 2.78. The fraction of sp³-hybridized carbons (Fsp3) is 0.0833. The molecular weight excluding hydrogens is 531 g/mol. The van der Waals surface area contributed by atoms with Crippen molar-refractivity contribution in [1.82, 2.24) is 0 Å². The van der Waals surface area contributed by atoms with Crippen LogP contribution in [0.15, 0.2) is 76.5 Å². The lowest BCUT2D eigenvalue weighted by atomic mass is 10.1. The van der Waals surface area contributed by atoms with Crippen molar-refractivity contribution >= 4 is 65.4 Å². The number of hydrogen-bond donors (Lipinski definition) is 3. The highest BCUT2D eigenvalue weighted by molar-refractivity contribution is 7.93. The molecule has 0 saturated carbocycles. The Hall–Kier alpha value is -2.98. The van der Waals surface area contributed by atoms with Gasteiger partial charge in [0.05, 0.1) is 31.2 Å². The smallest absolute Gasteiger partial charge is 0.262 e. The molecule has 0 aliphatic rings. The summed E-state index contributed by atoms with van der Waals surface area (Å²) in [4.78, 5) is -0.646. The van der Waals surface area contributed by atoms with Gasteiger partial charge in [-0.1, -0.05) is 53.5 Å². The van der Waals surface area contributed by atoms with E-state index in [1.54, 1.807) is 44.2 Å². The van der Waals surface area contributed by atoms with Crippen molar-refractivity contribution in [3.05, 3.63) is 87.9 Å². The normalized spacial score (nSPS) is 12.0. The predicted molar refractivity (Wildman–Crippen MR) is 140 cm³/mol. The van der Waals surface area contributed by atoms with E-state index in [9.17, 15) is 21.9 Å². The molecule has 0 aromatic heterocycles. The highest BCUT2D eigenvalue weighted by Crippen LogP contribution is 2.35. The van der Waals surface area contributed by atoms with E-state index in [0.29, 0.717) is 11.1 Å². The second-order valence-corrected chi connectivity index (χ2v) is 12.0. The van der Waals surface area contributed by atoms with Crippen LogP contribution in [0.1, 0.15) is 11.1 Å². The van der Waals surface area contributed by atoms with Gasteiger partial charge in [-0.05, 0) is 66.8 Å². The van der Waals surface area contributed by atoms with Crippen LogP contribution < -0.4 is 9.44 Å². The van der Waals surface area contributed by atoms with E-state index in [1.807, 2.05) is 0 Å². The maximum Gasteiger partial charge on any atom is 0.262 e. The number of phenols is 1. The molecular formula is C24H20Cl2N2O5S2. The second-order valence-electron chi connectivity index (χ2n) is 7.90. The maximum absolute atomic E-state index is 13.5. The van der Waals surface area contributed by atoms with Crippen molar-refractivity contribution in [3.63, 3.8) is 0 Å². The van der Waals surface area contributed by atoms with Gasteiger partial charge in [-0.2, -0.15) is 0 Å². The standard InChI is InChI=1S/C24H20Cl2N2O5S2/c1-14-5-3-7-20(25)23(14)27-34(30,31)18-11-16-9-10-17(29)12-19(16)22(13-18)35(32,33)28-24-15(2)6-4-8-21(24)26/h3-13,27-29H,1-2H3. The minimum absolute atomic E-state index is 0.134. The molecule has 0 atom stereocenters. The van der Waals surface area contributed by atoms with Gasteiger partial charge in [0, 0.05) is 5.39 Å². The van der Waals surface area contributed by atoms with E-state index in [-0.39, 0.29) is 47.7 Å². The third-order valence-corrected chi connectivity index (χ3v) is 8.74. The lowest BCUT2D eigenvalue weighted by Gasteiger charge is -2.16. The molecule has 0 saturated heterocycles. The van der Waals surface area contributed by atoms with Crippen LogP contribution in [-0.4, -0.2) is 21.9 Å². The van der Waals surface area contributed by atoms with Crippen LogP contribution in [0, 0.1) is 13.8 Å². The van der Waals surface area contributed by atoms with Gasteiger partial charge < -0.3 is 5.11 Å². The fourth-order valence-corrected chi connectivity index (χ4v) is 6.90. The Labute approximate surface area is 213 Å². The molecule has 3 N–H and O–H groups in total. The molecule has 182 valence electrons. The highest BCUT2D eigenvalue weighted by atomic mass is 35.5. The number of nitrogens with one attached hydrogen (secondary N) is 2. The monoisotopic (exact) mass is 550 g/mol. The molecule has 4 rings (SSSR count). The van der Waals surface area contributed by atoms with Gasteiger partial charge in [0.15, 0.2) is 0 Å². The number of aromatic hydroxyl groups is 1. The van der Waals surface area contributed by atoms with Gasteiger partial charge in [-0.15, -0.1) is 0 Å². The number of fused-ring (bicyclic) bond motifs is 1. The molecule has 7 nitrogen and oxygen atoms in total. The van der Waals surface area contributed by atoms with Gasteiger partial charge in [-0.3, -0.25) is 9.44 Å². The number of anilines is 2. The summed E-state index contributed by atoms with van der Waals surface area (Å²) < 4.78 is 58.5. The van der Waals surface area contributed by atoms with Crippen molar-refractivity contribution in [1.29, 1.82) is 0 Å². The van der Waals surface area contributed by atoms with Crippen LogP contribution in [0.3, 0.4) is 0 Å². The third kappa shape index (κ3) is 5.04. The van der Waals surface area contributed by atoms with Gasteiger partial charge in [0.2, 0.25) is 0 Å². The number of para-hydroxylation sites is 2. The molecule has 0 unspecified atom stereocenters. The summed E-state index contributed by atoms with van der Waals surface area (Å²) in [7, 11) is -8.58. The Balaban J connectivity index is 1.90. The van der Waals surface area contributed by atoms with Gasteiger partial charge in [-0.25, -0.2) is 16.8 Å². The average molecular weight is 551 g/mol. The number of hydrogen-bond acceptors (Lipinski definition) is 5. The molecule has 0 radical (unpaired) electrons. The van der Waals surface area contributed by atoms with E-state index in [4.69, 9.17) is 23.2 Å². The minimum atomic E-state index is -4.34. The first kappa shape index (κ1) is 25.1. The summed E-state index contributed by atoms with van der Waals surface area (Å²) >= 11 is 12.4. The maximum atomic E-state index is 13.5. The number of phenolic OH excluding ortho intramolecular Hbond substituents is 1. The minimum Gasteiger partial charge on any atom is -0.508 e. The van der Waals surface area contributed by atoms with Gasteiger partial charge >= 0.3 is 0 Å². The number of aryl methyl sites for hydroxylation is 2. The van der Waals surface area contributed by atoms with Gasteiger partial charge in [0.1, 0.15) is 5.75 Å². The summed E-state index contributed by atoms with van der Waals surface area (Å²) in [5.41, 5.74) is 1.53. The Morgan fingerprint density at radius 3 is 1.80 bits per heavy atom. The van der Waals surface area contributed by atoms with Crippen molar-refractivity contribution in [2.45, 2.75) is 23.6 Å². The van der Waals surface area contributed by atoms with Crippen LogP contribution >= 0.6 is 23.2 Å². The SMILES string of the molecule is Cc1cccc(Cl)c1NS(=O)(=O)c1cc(S(=O)(=O)Nc2c(C)cccc2Cl)c2cc(O)ccc2c1. The van der Waals surface area contributed by atoms with E-state index in [2.05, 4.69) is 9.44 Å². The van der Waals surface area contributed by atoms with Crippen molar-refractivity contribution < 1.29 is 21.9 Å². The Morgan fingerprint density at radius 1 is 0.714 bits per heavy atom. The quantitative estimate of drug-likeness (QED) is 0.269. The molecule has 0 heterocycles. The summed E-state index contributed by atoms with van der Waals surface area (Å²) in [6.07, 6.45) is 0. The van der Waals surface area contributed by atoms with Crippen LogP contribution in [0.5, 0.6) is 5.75 Å². The summed E-state index contributed by atoms with van der Waals surface area (Å²) in [6.45, 7) is 3.38. The second kappa shape index (κ2) is 9.23. The molecule has 0 aliphatic carbocycles. The van der Waals surface area contributed by atoms with E-state index < -0.39 is 20.0 Å². The Bertz CT molecular complexity index is 1650. The molecule has 35 heavy (non-hydrogen) atoms. The summed E-state index contributed by atoms with van der Waals surface area (Å²) in [5.74, 6) is -0.178. The molecule has 0 aliphatic heterocycles. The van der Waals surface area contributed by atoms with Crippen molar-refractivity contribution in [2.24, 2.45) is 0 Å². The van der Waals surface area contributed by atoms with Crippen LogP contribution in [0.4, 0.5) is 11.4 Å². The lowest BCUT2D eigenvalue weighted by Crippen LogP contribution is -2.18. The topological polar surface area (TPSA) is 113 Å². The highest BCUT2D eigenvalue weighted by Gasteiger charge is 2.25. The van der Waals surface area contributed by atoms with Crippen molar-refractivity contribution in [2.75, 3.05) is 9.44 Å². The van der Waals surface area contributed by atoms with Gasteiger partial charge in [0.25, 0.3) is 20.0 Å². The van der Waals surface area contributed by atoms with Crippen LogP contribution in [0.25, 0.3) is 10.8 Å². The number of benzene rings is 4. The summed E-state index contributed by atoms with van der Waals surface area (Å²) in [6, 6.07) is 16.2. The zero-order valence-corrected chi connectivity index (χ0v) is 21.6. The first-order valence-electron chi connectivity index (χ1n) is 10.2. The van der Waals surface area contributed by atoms with Crippen molar-refractivity contribution in [3.8, 4) is 5.75 Å². The zero-order valence-electron chi connectivity index (χ0n) is 18.5. The Morgan fingerprint density at radius 2 is 1.26 bits per heavy atom. The molecule has 4 aromatic rings. The molecule has 0 fully saturated rings. The van der Waals surface area contributed by atoms with E-state index >= 15 is 0 Å². The number of halogens is 2. The first-order chi connectivity index (χ1) is 16.4. The first-order valence-corrected chi connectivity index (χ1v) is 13.9. The fourth-order valence-electron chi connectivity index (χ4n) is 3.57. The molecule has 0 spiro atoms. The number of rotatable bonds is 6. The third-order valence-electron chi connectivity index (χ3n) is 5.39. The van der Waals surface area contributed by atoms with E-state index in [0.717, 1.165) is 6.07 Å².